The number of aromatic nitrogens is 1. The molecule has 0 radical (unpaired) electrons. The Hall–Kier alpha value is -2.97. The molecule has 3 aromatic carbocycles. The van der Waals surface area contributed by atoms with E-state index in [-0.39, 0.29) is 0 Å². The van der Waals surface area contributed by atoms with Crippen LogP contribution in [0.5, 0.6) is 5.75 Å². The Morgan fingerprint density at radius 1 is 0.857 bits per heavy atom. The summed E-state index contributed by atoms with van der Waals surface area (Å²) in [6.45, 7) is 0.972. The van der Waals surface area contributed by atoms with Gasteiger partial charge in [0, 0.05) is 34.5 Å². The molecule has 0 unspecified atom stereocenters. The lowest BCUT2D eigenvalue weighted by atomic mass is 9.91. The lowest BCUT2D eigenvalue weighted by Gasteiger charge is -2.21. The van der Waals surface area contributed by atoms with Crippen molar-refractivity contribution in [2.24, 2.45) is 0 Å². The van der Waals surface area contributed by atoms with E-state index < -0.39 is 0 Å². The molecule has 28 heavy (non-hydrogen) atoms. The SMILES string of the molecule is COc1ccc(-c2c(-c3ccccc3)cn3c2-c2cc(Cl)ccc2CC3)cc1. The van der Waals surface area contributed by atoms with Gasteiger partial charge in [-0.3, -0.25) is 0 Å². The van der Waals surface area contributed by atoms with E-state index in [0.29, 0.717) is 0 Å². The van der Waals surface area contributed by atoms with E-state index in [1.807, 2.05) is 18.2 Å². The molecule has 5 rings (SSSR count). The van der Waals surface area contributed by atoms with Gasteiger partial charge in [0.05, 0.1) is 12.8 Å². The molecule has 0 amide bonds. The monoisotopic (exact) mass is 385 g/mol. The van der Waals surface area contributed by atoms with Crippen LogP contribution in [0.2, 0.25) is 5.02 Å². The number of hydrogen-bond acceptors (Lipinski definition) is 1. The molecule has 0 fully saturated rings. The maximum Gasteiger partial charge on any atom is 0.118 e. The van der Waals surface area contributed by atoms with Crippen LogP contribution in [0, 0.1) is 0 Å². The molecule has 3 heteroatoms. The molecule has 0 bridgehead atoms. The molecule has 2 nitrogen and oxygen atoms in total. The first kappa shape index (κ1) is 17.2. The fraction of sp³-hybridized carbons (Fsp3) is 0.120. The van der Waals surface area contributed by atoms with Crippen molar-refractivity contribution in [1.82, 2.24) is 4.57 Å². The minimum Gasteiger partial charge on any atom is -0.497 e. The summed E-state index contributed by atoms with van der Waals surface area (Å²) in [7, 11) is 1.70. The van der Waals surface area contributed by atoms with E-state index in [2.05, 4.69) is 65.4 Å². The molecule has 138 valence electrons. The molecule has 2 heterocycles. The number of methoxy groups -OCH3 is 1. The van der Waals surface area contributed by atoms with Crippen LogP contribution in [0.4, 0.5) is 0 Å². The molecule has 0 aliphatic carbocycles. The first-order valence-electron chi connectivity index (χ1n) is 9.46. The first-order chi connectivity index (χ1) is 13.7. The summed E-state index contributed by atoms with van der Waals surface area (Å²) < 4.78 is 7.74. The number of aryl methyl sites for hydroxylation is 2. The summed E-state index contributed by atoms with van der Waals surface area (Å²) in [4.78, 5) is 0. The molecule has 1 aromatic heterocycles. The molecule has 0 saturated carbocycles. The highest BCUT2D eigenvalue weighted by Gasteiger charge is 2.25. The molecule has 1 aliphatic rings. The van der Waals surface area contributed by atoms with Gasteiger partial charge in [0.15, 0.2) is 0 Å². The lowest BCUT2D eigenvalue weighted by molar-refractivity contribution is 0.415. The van der Waals surface area contributed by atoms with E-state index in [0.717, 1.165) is 23.7 Å². The summed E-state index contributed by atoms with van der Waals surface area (Å²) >= 11 is 6.38. The van der Waals surface area contributed by atoms with Crippen LogP contribution in [0.3, 0.4) is 0 Å². The normalized spacial score (nSPS) is 12.4. The van der Waals surface area contributed by atoms with Crippen LogP contribution >= 0.6 is 11.6 Å². The van der Waals surface area contributed by atoms with Crippen molar-refractivity contribution >= 4 is 11.6 Å². The van der Waals surface area contributed by atoms with Gasteiger partial charge >= 0.3 is 0 Å². The number of halogens is 1. The van der Waals surface area contributed by atoms with Crippen molar-refractivity contribution in [2.45, 2.75) is 13.0 Å². The minimum absolute atomic E-state index is 0.773. The number of benzene rings is 3. The number of rotatable bonds is 3. The van der Waals surface area contributed by atoms with E-state index in [1.54, 1.807) is 7.11 Å². The second-order valence-corrected chi connectivity index (χ2v) is 7.54. The summed E-state index contributed by atoms with van der Waals surface area (Å²) in [5, 5.41) is 0.773. The molecular weight excluding hydrogens is 366 g/mol. The van der Waals surface area contributed by atoms with Crippen molar-refractivity contribution in [3.05, 3.63) is 89.6 Å². The van der Waals surface area contributed by atoms with Crippen molar-refractivity contribution in [2.75, 3.05) is 7.11 Å². The highest BCUT2D eigenvalue weighted by atomic mass is 35.5. The summed E-state index contributed by atoms with van der Waals surface area (Å²) in [5.41, 5.74) is 8.72. The smallest absolute Gasteiger partial charge is 0.118 e. The van der Waals surface area contributed by atoms with E-state index in [9.17, 15) is 0 Å². The van der Waals surface area contributed by atoms with E-state index in [4.69, 9.17) is 16.3 Å². The van der Waals surface area contributed by atoms with Gasteiger partial charge in [0.25, 0.3) is 0 Å². The van der Waals surface area contributed by atoms with Crippen LogP contribution in [0.25, 0.3) is 33.5 Å². The van der Waals surface area contributed by atoms with E-state index in [1.165, 1.54) is 39.1 Å². The fourth-order valence-corrected chi connectivity index (χ4v) is 4.31. The molecule has 4 aromatic rings. The second kappa shape index (κ2) is 6.88. The average molecular weight is 386 g/mol. The van der Waals surface area contributed by atoms with E-state index >= 15 is 0 Å². The highest BCUT2D eigenvalue weighted by Crippen LogP contribution is 2.45. The Morgan fingerprint density at radius 3 is 2.39 bits per heavy atom. The van der Waals surface area contributed by atoms with Crippen LogP contribution in [-0.4, -0.2) is 11.7 Å². The third-order valence-electron chi connectivity index (χ3n) is 5.49. The predicted molar refractivity (Wildman–Crippen MR) is 116 cm³/mol. The third-order valence-corrected chi connectivity index (χ3v) is 5.73. The van der Waals surface area contributed by atoms with Crippen LogP contribution < -0.4 is 4.74 Å². The second-order valence-electron chi connectivity index (χ2n) is 7.11. The molecule has 1 aliphatic heterocycles. The predicted octanol–water partition coefficient (Wildman–Crippen LogP) is 6.71. The van der Waals surface area contributed by atoms with Gasteiger partial charge in [-0.2, -0.15) is 0 Å². The van der Waals surface area contributed by atoms with Gasteiger partial charge in [0.2, 0.25) is 0 Å². The molecule has 0 spiro atoms. The topological polar surface area (TPSA) is 14.2 Å². The minimum atomic E-state index is 0.773. The number of nitrogens with zero attached hydrogens (tertiary/aromatic N) is 1. The van der Waals surface area contributed by atoms with Crippen LogP contribution in [0.15, 0.2) is 79.0 Å². The summed E-state index contributed by atoms with van der Waals surface area (Å²) in [6, 6.07) is 25.2. The lowest BCUT2D eigenvalue weighted by Crippen LogP contribution is -2.10. The maximum absolute atomic E-state index is 6.38. The van der Waals surface area contributed by atoms with Crippen LogP contribution in [-0.2, 0) is 13.0 Å². The molecular formula is C25H20ClNO. The van der Waals surface area contributed by atoms with Gasteiger partial charge in [-0.1, -0.05) is 60.1 Å². The van der Waals surface area contributed by atoms with Crippen LogP contribution in [0.1, 0.15) is 5.56 Å². The zero-order valence-electron chi connectivity index (χ0n) is 15.7. The van der Waals surface area contributed by atoms with Gasteiger partial charge in [-0.05, 0) is 47.4 Å². The first-order valence-corrected chi connectivity index (χ1v) is 9.84. The molecule has 0 saturated heterocycles. The van der Waals surface area contributed by atoms with Crippen molar-refractivity contribution in [1.29, 1.82) is 0 Å². The zero-order valence-corrected chi connectivity index (χ0v) is 16.4. The van der Waals surface area contributed by atoms with Crippen molar-refractivity contribution in [3.8, 4) is 39.3 Å². The fourth-order valence-electron chi connectivity index (χ4n) is 4.14. The Labute approximate surface area is 170 Å². The number of fused-ring (bicyclic) bond motifs is 3. The van der Waals surface area contributed by atoms with Gasteiger partial charge in [-0.15, -0.1) is 0 Å². The highest BCUT2D eigenvalue weighted by molar-refractivity contribution is 6.31. The molecule has 0 N–H and O–H groups in total. The van der Waals surface area contributed by atoms with Crippen molar-refractivity contribution < 1.29 is 4.74 Å². The summed E-state index contributed by atoms with van der Waals surface area (Å²) in [6.07, 6.45) is 3.30. The average Bonchev–Trinajstić information content (AvgIpc) is 3.14. The van der Waals surface area contributed by atoms with Gasteiger partial charge < -0.3 is 9.30 Å². The van der Waals surface area contributed by atoms with Gasteiger partial charge in [-0.25, -0.2) is 0 Å². The standard InChI is InChI=1S/C25H20ClNO/c1-28-21-11-8-19(9-12-21)24-23(17-5-3-2-4-6-17)16-27-14-13-18-7-10-20(26)15-22(18)25(24)27/h2-12,15-16H,13-14H2,1H3. The third kappa shape index (κ3) is 2.81. The number of hydrogen-bond donors (Lipinski definition) is 0. The Kier molecular flexibility index (Phi) is 4.22. The Morgan fingerprint density at radius 2 is 1.64 bits per heavy atom. The Bertz CT molecular complexity index is 1140. The maximum atomic E-state index is 6.38. The largest absolute Gasteiger partial charge is 0.497 e. The zero-order chi connectivity index (χ0) is 19.1. The molecule has 0 atom stereocenters. The number of ether oxygens (including phenoxy) is 1. The quantitative estimate of drug-likeness (QED) is 0.382. The summed E-state index contributed by atoms with van der Waals surface area (Å²) in [5.74, 6) is 0.863. The van der Waals surface area contributed by atoms with Crippen molar-refractivity contribution in [3.63, 3.8) is 0 Å². The van der Waals surface area contributed by atoms with Gasteiger partial charge in [0.1, 0.15) is 5.75 Å². The Balaban J connectivity index is 1.81.